The van der Waals surface area contributed by atoms with Crippen LogP contribution in [-0.2, 0) is 9.53 Å². The van der Waals surface area contributed by atoms with Crippen molar-refractivity contribution in [1.82, 2.24) is 0 Å². The lowest BCUT2D eigenvalue weighted by molar-refractivity contribution is -0.124. The van der Waals surface area contributed by atoms with Gasteiger partial charge in [0.1, 0.15) is 5.78 Å². The maximum absolute atomic E-state index is 11.1. The minimum absolute atomic E-state index is 0.0601. The number of ketones is 1. The number of rotatable bonds is 2. The Balaban J connectivity index is 2.59. The molecule has 4 unspecified atom stereocenters. The highest BCUT2D eigenvalue weighted by molar-refractivity contribution is 5.78. The summed E-state index contributed by atoms with van der Waals surface area (Å²) in [5.74, 6) is 1.41. The van der Waals surface area contributed by atoms with Gasteiger partial charge in [-0.15, -0.1) is 0 Å². The zero-order valence-corrected chi connectivity index (χ0v) is 8.33. The molecular weight excluding hydrogens is 152 g/mol. The quantitative estimate of drug-likeness (QED) is 0.632. The molecule has 0 amide bonds. The van der Waals surface area contributed by atoms with Crippen molar-refractivity contribution in [3.8, 4) is 0 Å². The number of ether oxygens (including phenoxy) is 1. The third kappa shape index (κ3) is 1.69. The predicted octanol–water partition coefficient (Wildman–Crippen LogP) is 1.88. The standard InChI is InChI=1S/C10H18O2/c1-6-5-12-10(7(6)2)8(3)9(4)11/h6-8,10H,5H2,1-4H3. The van der Waals surface area contributed by atoms with Crippen LogP contribution in [0.5, 0.6) is 0 Å². The Hall–Kier alpha value is -0.370. The largest absolute Gasteiger partial charge is 0.377 e. The van der Waals surface area contributed by atoms with E-state index < -0.39 is 0 Å². The number of carbonyl (C=O) groups is 1. The van der Waals surface area contributed by atoms with Crippen molar-refractivity contribution in [3.63, 3.8) is 0 Å². The van der Waals surface area contributed by atoms with Crippen molar-refractivity contribution >= 4 is 5.78 Å². The van der Waals surface area contributed by atoms with Gasteiger partial charge < -0.3 is 4.74 Å². The molecule has 70 valence electrons. The first-order valence-corrected chi connectivity index (χ1v) is 4.66. The normalized spacial score (nSPS) is 38.2. The summed E-state index contributed by atoms with van der Waals surface area (Å²) in [6.07, 6.45) is 0.150. The molecule has 0 N–H and O–H groups in total. The number of Topliss-reactive ketones (excluding diaryl/α,β-unsaturated/α-hetero) is 1. The van der Waals surface area contributed by atoms with E-state index in [0.717, 1.165) is 6.61 Å². The Morgan fingerprint density at radius 2 is 2.08 bits per heavy atom. The molecule has 12 heavy (non-hydrogen) atoms. The summed E-state index contributed by atoms with van der Waals surface area (Å²) in [7, 11) is 0. The minimum atomic E-state index is 0.0601. The van der Waals surface area contributed by atoms with Gasteiger partial charge in [0.05, 0.1) is 6.10 Å². The lowest BCUT2D eigenvalue weighted by Gasteiger charge is -2.21. The van der Waals surface area contributed by atoms with Gasteiger partial charge in [-0.1, -0.05) is 20.8 Å². The van der Waals surface area contributed by atoms with Crippen molar-refractivity contribution < 1.29 is 9.53 Å². The van der Waals surface area contributed by atoms with E-state index >= 15 is 0 Å². The molecule has 1 rings (SSSR count). The molecule has 0 aromatic rings. The molecule has 1 aliphatic heterocycles. The van der Waals surface area contributed by atoms with Crippen LogP contribution >= 0.6 is 0 Å². The Bertz CT molecular complexity index is 177. The molecule has 2 nitrogen and oxygen atoms in total. The Morgan fingerprint density at radius 3 is 2.42 bits per heavy atom. The van der Waals surface area contributed by atoms with Crippen molar-refractivity contribution in [2.45, 2.75) is 33.8 Å². The van der Waals surface area contributed by atoms with E-state index in [1.807, 2.05) is 6.92 Å². The number of hydrogen-bond acceptors (Lipinski definition) is 2. The molecule has 0 saturated carbocycles. The average Bonchev–Trinajstić information content (AvgIpc) is 2.32. The molecule has 2 heteroatoms. The Labute approximate surface area is 74.3 Å². The summed E-state index contributed by atoms with van der Waals surface area (Å²) >= 11 is 0. The molecule has 4 atom stereocenters. The van der Waals surface area contributed by atoms with Crippen LogP contribution < -0.4 is 0 Å². The van der Waals surface area contributed by atoms with Crippen molar-refractivity contribution in [1.29, 1.82) is 0 Å². The van der Waals surface area contributed by atoms with E-state index in [4.69, 9.17) is 4.74 Å². The summed E-state index contributed by atoms with van der Waals surface area (Å²) in [4.78, 5) is 11.1. The van der Waals surface area contributed by atoms with E-state index in [1.165, 1.54) is 0 Å². The van der Waals surface area contributed by atoms with Crippen LogP contribution in [-0.4, -0.2) is 18.5 Å². The van der Waals surface area contributed by atoms with Crippen molar-refractivity contribution in [2.75, 3.05) is 6.61 Å². The van der Waals surface area contributed by atoms with E-state index in [1.54, 1.807) is 6.92 Å². The fourth-order valence-electron chi connectivity index (χ4n) is 1.72. The molecule has 0 aliphatic carbocycles. The number of carbonyl (C=O) groups excluding carboxylic acids is 1. The topological polar surface area (TPSA) is 26.3 Å². The highest BCUT2D eigenvalue weighted by Gasteiger charge is 2.36. The zero-order chi connectivity index (χ0) is 9.30. The van der Waals surface area contributed by atoms with Gasteiger partial charge in [0.25, 0.3) is 0 Å². The van der Waals surface area contributed by atoms with Crippen molar-refractivity contribution in [2.24, 2.45) is 17.8 Å². The van der Waals surface area contributed by atoms with Gasteiger partial charge in [0, 0.05) is 12.5 Å². The molecule has 0 aromatic carbocycles. The smallest absolute Gasteiger partial charge is 0.135 e. The van der Waals surface area contributed by atoms with Gasteiger partial charge in [-0.25, -0.2) is 0 Å². The summed E-state index contributed by atoms with van der Waals surface area (Å²) in [5.41, 5.74) is 0. The molecule has 0 spiro atoms. The highest BCUT2D eigenvalue weighted by Crippen LogP contribution is 2.31. The molecule has 1 fully saturated rings. The summed E-state index contributed by atoms with van der Waals surface area (Å²) in [6, 6.07) is 0. The fourth-order valence-corrected chi connectivity index (χ4v) is 1.72. The average molecular weight is 170 g/mol. The number of hydrogen-bond donors (Lipinski definition) is 0. The van der Waals surface area contributed by atoms with E-state index in [-0.39, 0.29) is 17.8 Å². The maximum atomic E-state index is 11.1. The third-order valence-electron chi connectivity index (χ3n) is 3.10. The van der Waals surface area contributed by atoms with Crippen LogP contribution in [0.25, 0.3) is 0 Å². The molecule has 0 bridgehead atoms. The van der Waals surface area contributed by atoms with E-state index in [9.17, 15) is 4.79 Å². The van der Waals surface area contributed by atoms with Crippen LogP contribution in [0.3, 0.4) is 0 Å². The molecule has 1 saturated heterocycles. The monoisotopic (exact) mass is 170 g/mol. The van der Waals surface area contributed by atoms with Gasteiger partial charge >= 0.3 is 0 Å². The third-order valence-corrected chi connectivity index (χ3v) is 3.10. The van der Waals surface area contributed by atoms with Crippen LogP contribution in [0.15, 0.2) is 0 Å². The zero-order valence-electron chi connectivity index (χ0n) is 8.33. The second kappa shape index (κ2) is 3.56. The first kappa shape index (κ1) is 9.72. The lowest BCUT2D eigenvalue weighted by Crippen LogP contribution is -2.28. The lowest BCUT2D eigenvalue weighted by atomic mass is 9.86. The molecule has 0 aromatic heterocycles. The Morgan fingerprint density at radius 1 is 1.50 bits per heavy atom. The van der Waals surface area contributed by atoms with Gasteiger partial charge in [-0.3, -0.25) is 4.79 Å². The molecule has 1 heterocycles. The van der Waals surface area contributed by atoms with Gasteiger partial charge in [-0.2, -0.15) is 0 Å². The second-order valence-electron chi connectivity index (χ2n) is 4.03. The Kier molecular flexibility index (Phi) is 2.89. The van der Waals surface area contributed by atoms with Crippen LogP contribution in [0.4, 0.5) is 0 Å². The predicted molar refractivity (Wildman–Crippen MR) is 47.9 cm³/mol. The van der Waals surface area contributed by atoms with E-state index in [0.29, 0.717) is 11.8 Å². The summed E-state index contributed by atoms with van der Waals surface area (Å²) < 4.78 is 5.58. The summed E-state index contributed by atoms with van der Waals surface area (Å²) in [5, 5.41) is 0. The van der Waals surface area contributed by atoms with E-state index in [2.05, 4.69) is 13.8 Å². The van der Waals surface area contributed by atoms with Crippen LogP contribution in [0.2, 0.25) is 0 Å². The van der Waals surface area contributed by atoms with Gasteiger partial charge in [0.15, 0.2) is 0 Å². The van der Waals surface area contributed by atoms with Gasteiger partial charge in [0.2, 0.25) is 0 Å². The summed E-state index contributed by atoms with van der Waals surface area (Å²) in [6.45, 7) is 8.76. The van der Waals surface area contributed by atoms with Crippen LogP contribution in [0.1, 0.15) is 27.7 Å². The SMILES string of the molecule is CC(=O)C(C)C1OCC(C)C1C. The molecular formula is C10H18O2. The first-order valence-electron chi connectivity index (χ1n) is 4.66. The van der Waals surface area contributed by atoms with Crippen LogP contribution in [0, 0.1) is 17.8 Å². The maximum Gasteiger partial charge on any atom is 0.135 e. The van der Waals surface area contributed by atoms with Gasteiger partial charge in [-0.05, 0) is 18.8 Å². The molecule has 1 aliphatic rings. The molecule has 0 radical (unpaired) electrons. The fraction of sp³-hybridized carbons (Fsp3) is 0.900. The van der Waals surface area contributed by atoms with Crippen molar-refractivity contribution in [3.05, 3.63) is 0 Å². The first-order chi connectivity index (χ1) is 5.54. The minimum Gasteiger partial charge on any atom is -0.377 e. The highest BCUT2D eigenvalue weighted by atomic mass is 16.5. The second-order valence-corrected chi connectivity index (χ2v) is 4.03.